The maximum atomic E-state index is 11.8. The molecule has 116 valence electrons. The van der Waals surface area contributed by atoms with Gasteiger partial charge in [0.15, 0.2) is 0 Å². The fraction of sp³-hybridized carbons (Fsp3) is 0.312. The first-order valence-electron chi connectivity index (χ1n) is 6.98. The van der Waals surface area contributed by atoms with Gasteiger partial charge >= 0.3 is 5.97 Å². The van der Waals surface area contributed by atoms with Crippen molar-refractivity contribution in [3.63, 3.8) is 0 Å². The number of aryl methyl sites for hydroxylation is 2. The number of carbonyl (C=O) groups is 2. The second-order valence-electron chi connectivity index (χ2n) is 5.07. The number of benzene rings is 1. The minimum atomic E-state index is -0.295. The Bertz CT molecular complexity index is 662. The summed E-state index contributed by atoms with van der Waals surface area (Å²) in [6, 6.07) is 6.84. The Hall–Kier alpha value is -2.63. The molecule has 2 aromatic rings. The smallest absolute Gasteiger partial charge is 0.311 e. The number of hydrogen-bond donors (Lipinski definition) is 0. The molecule has 6 heteroatoms. The van der Waals surface area contributed by atoms with Crippen LogP contribution < -0.4 is 9.64 Å². The van der Waals surface area contributed by atoms with E-state index in [0.717, 1.165) is 11.3 Å². The van der Waals surface area contributed by atoms with Crippen LogP contribution in [0.15, 0.2) is 36.7 Å². The molecule has 0 saturated heterocycles. The Balaban J connectivity index is 1.87. The Morgan fingerprint density at radius 3 is 2.50 bits per heavy atom. The molecular formula is C16H19N3O3. The van der Waals surface area contributed by atoms with Gasteiger partial charge in [0.1, 0.15) is 5.75 Å². The highest BCUT2D eigenvalue weighted by Gasteiger charge is 2.08. The minimum absolute atomic E-state index is 0.0544. The Morgan fingerprint density at radius 1 is 1.27 bits per heavy atom. The lowest BCUT2D eigenvalue weighted by molar-refractivity contribution is -0.134. The van der Waals surface area contributed by atoms with Gasteiger partial charge in [-0.05, 0) is 36.2 Å². The molecule has 1 aromatic heterocycles. The van der Waals surface area contributed by atoms with Crippen LogP contribution in [0.1, 0.15) is 18.9 Å². The molecule has 0 atom stereocenters. The zero-order valence-electron chi connectivity index (χ0n) is 12.9. The summed E-state index contributed by atoms with van der Waals surface area (Å²) in [6.45, 7) is 1.49. The number of rotatable bonds is 5. The zero-order chi connectivity index (χ0) is 16.1. The van der Waals surface area contributed by atoms with Crippen molar-refractivity contribution in [2.24, 2.45) is 7.05 Å². The predicted molar refractivity (Wildman–Crippen MR) is 82.7 cm³/mol. The molecule has 2 rings (SSSR count). The number of anilines is 1. The van der Waals surface area contributed by atoms with E-state index in [2.05, 4.69) is 5.10 Å². The number of amides is 1. The first-order valence-corrected chi connectivity index (χ1v) is 6.98. The van der Waals surface area contributed by atoms with E-state index < -0.39 is 0 Å². The predicted octanol–water partition coefficient (Wildman–Crippen LogP) is 1.94. The Morgan fingerprint density at radius 2 is 1.95 bits per heavy atom. The highest BCUT2D eigenvalue weighted by molar-refractivity contribution is 5.90. The molecule has 0 bridgehead atoms. The summed E-state index contributed by atoms with van der Waals surface area (Å²) in [5.74, 6) is 0.120. The van der Waals surface area contributed by atoms with Gasteiger partial charge in [0.2, 0.25) is 5.91 Å². The van der Waals surface area contributed by atoms with Gasteiger partial charge in [0, 0.05) is 32.9 Å². The second-order valence-corrected chi connectivity index (χ2v) is 5.07. The van der Waals surface area contributed by atoms with Crippen molar-refractivity contribution in [3.8, 4) is 5.75 Å². The van der Waals surface area contributed by atoms with Crippen molar-refractivity contribution in [2.45, 2.75) is 19.8 Å². The zero-order valence-corrected chi connectivity index (χ0v) is 12.9. The lowest BCUT2D eigenvalue weighted by Gasteiger charge is -2.15. The van der Waals surface area contributed by atoms with Crippen LogP contribution in [0.25, 0.3) is 0 Å². The molecule has 6 nitrogen and oxygen atoms in total. The molecule has 0 aliphatic carbocycles. The van der Waals surface area contributed by atoms with Gasteiger partial charge in [-0.25, -0.2) is 0 Å². The topological polar surface area (TPSA) is 64.4 Å². The molecule has 22 heavy (non-hydrogen) atoms. The van der Waals surface area contributed by atoms with Crippen LogP contribution in [-0.2, 0) is 23.1 Å². The van der Waals surface area contributed by atoms with Crippen LogP contribution >= 0.6 is 0 Å². The average Bonchev–Trinajstić information content (AvgIpc) is 2.91. The van der Waals surface area contributed by atoms with Crippen LogP contribution in [0, 0.1) is 0 Å². The van der Waals surface area contributed by atoms with Crippen LogP contribution in [0.4, 0.5) is 5.69 Å². The van der Waals surface area contributed by atoms with Gasteiger partial charge in [-0.3, -0.25) is 14.3 Å². The van der Waals surface area contributed by atoms with Gasteiger partial charge in [-0.1, -0.05) is 0 Å². The maximum Gasteiger partial charge on any atom is 0.311 e. The summed E-state index contributed by atoms with van der Waals surface area (Å²) in [6.07, 6.45) is 4.50. The number of esters is 1. The average molecular weight is 301 g/mol. The van der Waals surface area contributed by atoms with E-state index in [-0.39, 0.29) is 11.9 Å². The molecule has 0 aliphatic rings. The van der Waals surface area contributed by atoms with Gasteiger partial charge < -0.3 is 9.64 Å². The molecule has 0 aliphatic heterocycles. The highest BCUT2D eigenvalue weighted by Crippen LogP contribution is 2.19. The maximum absolute atomic E-state index is 11.8. The van der Waals surface area contributed by atoms with E-state index in [0.29, 0.717) is 18.6 Å². The van der Waals surface area contributed by atoms with E-state index in [4.69, 9.17) is 4.74 Å². The third-order valence-corrected chi connectivity index (χ3v) is 3.30. The highest BCUT2D eigenvalue weighted by atomic mass is 16.5. The fourth-order valence-electron chi connectivity index (χ4n) is 1.95. The largest absolute Gasteiger partial charge is 0.427 e. The molecule has 1 aromatic carbocycles. The summed E-state index contributed by atoms with van der Waals surface area (Å²) in [5, 5.41) is 4.05. The molecule has 0 fully saturated rings. The van der Waals surface area contributed by atoms with Crippen LogP contribution in [0.3, 0.4) is 0 Å². The van der Waals surface area contributed by atoms with Gasteiger partial charge in [0.05, 0.1) is 12.6 Å². The van der Waals surface area contributed by atoms with Crippen molar-refractivity contribution in [1.82, 2.24) is 9.78 Å². The van der Waals surface area contributed by atoms with Crippen molar-refractivity contribution in [3.05, 3.63) is 42.2 Å². The third-order valence-electron chi connectivity index (χ3n) is 3.30. The summed E-state index contributed by atoms with van der Waals surface area (Å²) in [4.78, 5) is 24.6. The first-order chi connectivity index (χ1) is 10.5. The lowest BCUT2D eigenvalue weighted by Crippen LogP contribution is -2.22. The number of aromatic nitrogens is 2. The molecule has 0 N–H and O–H groups in total. The number of hydrogen-bond acceptors (Lipinski definition) is 4. The quantitative estimate of drug-likeness (QED) is 0.625. The van der Waals surface area contributed by atoms with Gasteiger partial charge in [-0.2, -0.15) is 5.10 Å². The first kappa shape index (κ1) is 15.8. The number of ether oxygens (including phenoxy) is 1. The monoisotopic (exact) mass is 301 g/mol. The van der Waals surface area contributed by atoms with E-state index in [1.54, 1.807) is 42.2 Å². The van der Waals surface area contributed by atoms with E-state index in [1.165, 1.54) is 11.8 Å². The lowest BCUT2D eigenvalue weighted by atomic mass is 10.2. The summed E-state index contributed by atoms with van der Waals surface area (Å²) in [5.41, 5.74) is 1.75. The third kappa shape index (κ3) is 4.18. The summed E-state index contributed by atoms with van der Waals surface area (Å²) < 4.78 is 6.97. The van der Waals surface area contributed by atoms with Gasteiger partial charge in [0.25, 0.3) is 0 Å². The van der Waals surface area contributed by atoms with Crippen molar-refractivity contribution >= 4 is 17.6 Å². The normalized spacial score (nSPS) is 10.3. The standard InChI is InChI=1S/C16H19N3O3/c1-12(20)19(3)14-5-7-15(8-6-14)22-16(21)9-4-13-10-17-18(2)11-13/h5-8,10-11H,4,9H2,1-3H3. The molecule has 0 spiro atoms. The molecule has 0 radical (unpaired) electrons. The van der Waals surface area contributed by atoms with E-state index >= 15 is 0 Å². The van der Waals surface area contributed by atoms with Crippen LogP contribution in [0.2, 0.25) is 0 Å². The van der Waals surface area contributed by atoms with Crippen molar-refractivity contribution in [2.75, 3.05) is 11.9 Å². The molecular weight excluding hydrogens is 282 g/mol. The van der Waals surface area contributed by atoms with Crippen LogP contribution in [-0.4, -0.2) is 28.7 Å². The van der Waals surface area contributed by atoms with Crippen molar-refractivity contribution in [1.29, 1.82) is 0 Å². The van der Waals surface area contributed by atoms with E-state index in [1.807, 2.05) is 13.2 Å². The molecule has 1 heterocycles. The fourth-order valence-corrected chi connectivity index (χ4v) is 1.95. The van der Waals surface area contributed by atoms with Crippen LogP contribution in [0.5, 0.6) is 5.75 Å². The van der Waals surface area contributed by atoms with Crippen molar-refractivity contribution < 1.29 is 14.3 Å². The van der Waals surface area contributed by atoms with E-state index in [9.17, 15) is 9.59 Å². The van der Waals surface area contributed by atoms with Gasteiger partial charge in [-0.15, -0.1) is 0 Å². The Labute approximate surface area is 129 Å². The minimum Gasteiger partial charge on any atom is -0.427 e. The number of nitrogens with zero attached hydrogens (tertiary/aromatic N) is 3. The molecule has 1 amide bonds. The Kier molecular flexibility index (Phi) is 4.93. The molecule has 0 unspecified atom stereocenters. The SMILES string of the molecule is CC(=O)N(C)c1ccc(OC(=O)CCc2cnn(C)c2)cc1. The summed E-state index contributed by atoms with van der Waals surface area (Å²) >= 11 is 0. The molecule has 0 saturated carbocycles. The second kappa shape index (κ2) is 6.89. The number of carbonyl (C=O) groups excluding carboxylic acids is 2. The summed E-state index contributed by atoms with van der Waals surface area (Å²) in [7, 11) is 3.53.